The molecule has 0 saturated carbocycles. The van der Waals surface area contributed by atoms with Gasteiger partial charge in [-0.15, -0.1) is 0 Å². The van der Waals surface area contributed by atoms with E-state index < -0.39 is 0 Å². The normalized spacial score (nSPS) is 19.6. The smallest absolute Gasteiger partial charge is 0.131 e. The van der Waals surface area contributed by atoms with E-state index in [0.717, 1.165) is 30.5 Å². The molecule has 0 radical (unpaired) electrons. The van der Waals surface area contributed by atoms with E-state index in [1.165, 1.54) is 6.07 Å². The van der Waals surface area contributed by atoms with Crippen LogP contribution in [0.4, 0.5) is 4.39 Å². The lowest BCUT2D eigenvalue weighted by atomic mass is 10.0. The van der Waals surface area contributed by atoms with Crippen molar-refractivity contribution in [3.8, 4) is 5.75 Å². The van der Waals surface area contributed by atoms with E-state index in [0.29, 0.717) is 12.4 Å². The van der Waals surface area contributed by atoms with Crippen LogP contribution in [0.2, 0.25) is 0 Å². The van der Waals surface area contributed by atoms with Crippen molar-refractivity contribution in [2.45, 2.75) is 25.5 Å². The largest absolute Gasteiger partial charge is 0.496 e. The van der Waals surface area contributed by atoms with Crippen LogP contribution in [0.15, 0.2) is 12.1 Å². The summed E-state index contributed by atoms with van der Waals surface area (Å²) < 4.78 is 24.2. The van der Waals surface area contributed by atoms with Crippen molar-refractivity contribution in [2.75, 3.05) is 20.8 Å². The Labute approximate surface area is 101 Å². The van der Waals surface area contributed by atoms with Crippen molar-refractivity contribution in [3.05, 3.63) is 29.1 Å². The molecule has 1 unspecified atom stereocenters. The van der Waals surface area contributed by atoms with Gasteiger partial charge in [-0.3, -0.25) is 0 Å². The average Bonchev–Trinajstić information content (AvgIpc) is 2.84. The van der Waals surface area contributed by atoms with E-state index in [9.17, 15) is 4.39 Å². The Morgan fingerprint density at radius 3 is 2.82 bits per heavy atom. The second kappa shape index (κ2) is 5.47. The Morgan fingerprint density at radius 2 is 2.24 bits per heavy atom. The van der Waals surface area contributed by atoms with Gasteiger partial charge in [0.15, 0.2) is 0 Å². The van der Waals surface area contributed by atoms with E-state index in [-0.39, 0.29) is 11.9 Å². The fraction of sp³-hybridized carbons (Fsp3) is 0.538. The zero-order valence-corrected chi connectivity index (χ0v) is 10.3. The molecule has 1 fully saturated rings. The molecule has 1 aromatic carbocycles. The fourth-order valence-electron chi connectivity index (χ4n) is 2.29. The highest BCUT2D eigenvalue weighted by Crippen LogP contribution is 2.30. The number of benzene rings is 1. The lowest BCUT2D eigenvalue weighted by Gasteiger charge is -2.16. The van der Waals surface area contributed by atoms with E-state index in [2.05, 4.69) is 5.32 Å². The Kier molecular flexibility index (Phi) is 3.97. The van der Waals surface area contributed by atoms with Crippen LogP contribution in [0.25, 0.3) is 0 Å². The minimum atomic E-state index is -0.207. The van der Waals surface area contributed by atoms with Crippen molar-refractivity contribution in [1.29, 1.82) is 0 Å². The standard InChI is InChI=1S/C13H18FNO2/c1-16-8-9-6-10(12-4-3-5-15-12)11(14)7-13(9)17-2/h6-7,12,15H,3-5,8H2,1-2H3. The van der Waals surface area contributed by atoms with Gasteiger partial charge in [0, 0.05) is 30.3 Å². The minimum absolute atomic E-state index is 0.122. The lowest BCUT2D eigenvalue weighted by molar-refractivity contribution is 0.181. The van der Waals surface area contributed by atoms with Crippen LogP contribution in [0.3, 0.4) is 0 Å². The molecule has 17 heavy (non-hydrogen) atoms. The Hall–Kier alpha value is -1.13. The highest BCUT2D eigenvalue weighted by atomic mass is 19.1. The third kappa shape index (κ3) is 2.58. The van der Waals surface area contributed by atoms with Gasteiger partial charge in [0.1, 0.15) is 11.6 Å². The first kappa shape index (κ1) is 12.3. The van der Waals surface area contributed by atoms with Crippen molar-refractivity contribution >= 4 is 0 Å². The number of methoxy groups -OCH3 is 2. The maximum atomic E-state index is 13.9. The summed E-state index contributed by atoms with van der Waals surface area (Å²) in [4.78, 5) is 0. The number of rotatable bonds is 4. The van der Waals surface area contributed by atoms with Crippen molar-refractivity contribution in [3.63, 3.8) is 0 Å². The molecule has 1 N–H and O–H groups in total. The monoisotopic (exact) mass is 239 g/mol. The van der Waals surface area contributed by atoms with Crippen molar-refractivity contribution < 1.29 is 13.9 Å². The summed E-state index contributed by atoms with van der Waals surface area (Å²) in [6, 6.07) is 3.42. The van der Waals surface area contributed by atoms with E-state index in [1.54, 1.807) is 14.2 Å². The van der Waals surface area contributed by atoms with Crippen LogP contribution >= 0.6 is 0 Å². The first-order valence-corrected chi connectivity index (χ1v) is 5.85. The maximum Gasteiger partial charge on any atom is 0.131 e. The third-order valence-electron chi connectivity index (χ3n) is 3.14. The SMILES string of the molecule is COCc1cc(C2CCCN2)c(F)cc1OC. The molecule has 0 spiro atoms. The summed E-state index contributed by atoms with van der Waals surface area (Å²) in [5.74, 6) is 0.340. The summed E-state index contributed by atoms with van der Waals surface area (Å²) in [6.45, 7) is 1.39. The molecule has 0 amide bonds. The molecule has 3 nitrogen and oxygen atoms in total. The van der Waals surface area contributed by atoms with Gasteiger partial charge < -0.3 is 14.8 Å². The summed E-state index contributed by atoms with van der Waals surface area (Å²) in [6.07, 6.45) is 2.07. The molecule has 1 saturated heterocycles. The first-order chi connectivity index (χ1) is 8.26. The average molecular weight is 239 g/mol. The molecule has 0 aliphatic carbocycles. The predicted octanol–water partition coefficient (Wildman–Crippen LogP) is 2.41. The number of halogens is 1. The zero-order chi connectivity index (χ0) is 12.3. The van der Waals surface area contributed by atoms with Gasteiger partial charge in [-0.1, -0.05) is 0 Å². The molecule has 4 heteroatoms. The Bertz CT molecular complexity index is 389. The van der Waals surface area contributed by atoms with Crippen LogP contribution in [-0.4, -0.2) is 20.8 Å². The van der Waals surface area contributed by atoms with Gasteiger partial charge in [-0.25, -0.2) is 4.39 Å². The quantitative estimate of drug-likeness (QED) is 0.875. The zero-order valence-electron chi connectivity index (χ0n) is 10.3. The fourth-order valence-corrected chi connectivity index (χ4v) is 2.29. The lowest BCUT2D eigenvalue weighted by Crippen LogP contribution is -2.15. The van der Waals surface area contributed by atoms with Crippen LogP contribution < -0.4 is 10.1 Å². The number of nitrogens with one attached hydrogen (secondary N) is 1. The van der Waals surface area contributed by atoms with Gasteiger partial charge in [0.05, 0.1) is 13.7 Å². The molecule has 2 rings (SSSR count). The molecule has 1 aliphatic heterocycles. The molecule has 1 aromatic rings. The maximum absolute atomic E-state index is 13.9. The second-order valence-electron chi connectivity index (χ2n) is 4.27. The summed E-state index contributed by atoms with van der Waals surface area (Å²) in [5, 5.41) is 3.30. The predicted molar refractivity (Wildman–Crippen MR) is 63.6 cm³/mol. The summed E-state index contributed by atoms with van der Waals surface area (Å²) in [7, 11) is 3.16. The number of ether oxygens (including phenoxy) is 2. The van der Waals surface area contributed by atoms with Gasteiger partial charge >= 0.3 is 0 Å². The van der Waals surface area contributed by atoms with Gasteiger partial charge in [0.2, 0.25) is 0 Å². The number of hydrogen-bond donors (Lipinski definition) is 1. The first-order valence-electron chi connectivity index (χ1n) is 5.85. The van der Waals surface area contributed by atoms with Crippen molar-refractivity contribution in [1.82, 2.24) is 5.32 Å². The molecule has 1 heterocycles. The molecule has 0 aromatic heterocycles. The van der Waals surface area contributed by atoms with Gasteiger partial charge in [-0.2, -0.15) is 0 Å². The highest BCUT2D eigenvalue weighted by molar-refractivity contribution is 5.39. The van der Waals surface area contributed by atoms with Crippen LogP contribution in [-0.2, 0) is 11.3 Å². The Balaban J connectivity index is 2.34. The molecular weight excluding hydrogens is 221 g/mol. The topological polar surface area (TPSA) is 30.5 Å². The van der Waals surface area contributed by atoms with Gasteiger partial charge in [0.25, 0.3) is 0 Å². The highest BCUT2D eigenvalue weighted by Gasteiger charge is 2.21. The Morgan fingerprint density at radius 1 is 1.41 bits per heavy atom. The summed E-state index contributed by atoms with van der Waals surface area (Å²) >= 11 is 0. The molecular formula is C13H18FNO2. The number of hydrogen-bond acceptors (Lipinski definition) is 3. The minimum Gasteiger partial charge on any atom is -0.496 e. The molecule has 0 bridgehead atoms. The van der Waals surface area contributed by atoms with Crippen LogP contribution in [0.5, 0.6) is 5.75 Å². The van der Waals surface area contributed by atoms with Crippen LogP contribution in [0, 0.1) is 5.82 Å². The molecule has 1 atom stereocenters. The van der Waals surface area contributed by atoms with E-state index >= 15 is 0 Å². The van der Waals surface area contributed by atoms with Crippen molar-refractivity contribution in [2.24, 2.45) is 0 Å². The van der Waals surface area contributed by atoms with Gasteiger partial charge in [-0.05, 0) is 25.5 Å². The molecule has 94 valence electrons. The van der Waals surface area contributed by atoms with Crippen LogP contribution in [0.1, 0.15) is 30.0 Å². The molecule has 1 aliphatic rings. The third-order valence-corrected chi connectivity index (χ3v) is 3.14. The second-order valence-corrected chi connectivity index (χ2v) is 4.27. The van der Waals surface area contributed by atoms with E-state index in [4.69, 9.17) is 9.47 Å². The van der Waals surface area contributed by atoms with E-state index in [1.807, 2.05) is 6.07 Å². The summed E-state index contributed by atoms with van der Waals surface area (Å²) in [5.41, 5.74) is 1.61.